The van der Waals surface area contributed by atoms with E-state index in [0.29, 0.717) is 23.7 Å². The van der Waals surface area contributed by atoms with Gasteiger partial charge in [0.1, 0.15) is 0 Å². The summed E-state index contributed by atoms with van der Waals surface area (Å²) < 4.78 is 16.0. The molecule has 0 aromatic heterocycles. The quantitative estimate of drug-likeness (QED) is 0.550. The number of nitrogens with zero attached hydrogens (tertiary/aromatic N) is 1. The van der Waals surface area contributed by atoms with Crippen molar-refractivity contribution in [3.8, 4) is 11.5 Å². The first-order chi connectivity index (χ1) is 15.6. The fraction of sp³-hybridized carbons (Fsp3) is 0.200. The van der Waals surface area contributed by atoms with Crippen LogP contribution in [0.3, 0.4) is 0 Å². The Balaban J connectivity index is 1.46. The molecule has 32 heavy (non-hydrogen) atoms. The molecule has 2 atom stereocenters. The molecular formula is C25H24N2O5. The lowest BCUT2D eigenvalue weighted by Gasteiger charge is -2.22. The minimum Gasteiger partial charge on any atom is -0.493 e. The molecule has 0 saturated carbocycles. The maximum atomic E-state index is 13.2. The molecule has 7 heteroatoms. The van der Waals surface area contributed by atoms with E-state index >= 15 is 0 Å². The molecule has 2 amide bonds. The van der Waals surface area contributed by atoms with Gasteiger partial charge in [0, 0.05) is 17.4 Å². The van der Waals surface area contributed by atoms with Gasteiger partial charge in [-0.25, -0.2) is 0 Å². The van der Waals surface area contributed by atoms with Crippen LogP contribution in [0.2, 0.25) is 0 Å². The van der Waals surface area contributed by atoms with Gasteiger partial charge in [-0.05, 0) is 29.8 Å². The predicted octanol–water partition coefficient (Wildman–Crippen LogP) is 3.64. The number of epoxide rings is 1. The van der Waals surface area contributed by atoms with E-state index in [2.05, 4.69) is 5.32 Å². The Kier molecular flexibility index (Phi) is 6.37. The summed E-state index contributed by atoms with van der Waals surface area (Å²) >= 11 is 0. The number of hydrogen-bond donors (Lipinski definition) is 1. The number of hydrogen-bond acceptors (Lipinski definition) is 5. The molecule has 0 unspecified atom stereocenters. The van der Waals surface area contributed by atoms with Gasteiger partial charge < -0.3 is 24.4 Å². The van der Waals surface area contributed by atoms with Crippen LogP contribution in [0.5, 0.6) is 11.5 Å². The zero-order chi connectivity index (χ0) is 22.5. The largest absolute Gasteiger partial charge is 0.493 e. The van der Waals surface area contributed by atoms with Gasteiger partial charge in [0.2, 0.25) is 0 Å². The Morgan fingerprint density at radius 3 is 2.19 bits per heavy atom. The molecule has 0 aliphatic carbocycles. The number of benzene rings is 3. The Bertz CT molecular complexity index is 1090. The molecule has 1 aliphatic heterocycles. The predicted molar refractivity (Wildman–Crippen MR) is 121 cm³/mol. The number of amides is 2. The standard InChI is InChI=1S/C25H24N2O5/c1-30-20-14-13-18(15-21(20)31-2)26-24(28)22-23(32-22)25(29)27(19-11-7-4-8-12-19)16-17-9-5-3-6-10-17/h3-15,22-23H,16H2,1-2H3,(H,26,28)/t22-,23-/m0/s1. The minimum atomic E-state index is -0.849. The number of nitrogens with one attached hydrogen (secondary N) is 1. The van der Waals surface area contributed by atoms with E-state index in [1.54, 1.807) is 23.1 Å². The number of anilines is 2. The summed E-state index contributed by atoms with van der Waals surface area (Å²) in [5, 5.41) is 2.77. The van der Waals surface area contributed by atoms with Crippen LogP contribution in [0.15, 0.2) is 78.9 Å². The molecule has 3 aromatic carbocycles. The molecule has 7 nitrogen and oxygen atoms in total. The van der Waals surface area contributed by atoms with Crippen LogP contribution in [0.1, 0.15) is 5.56 Å². The molecule has 1 saturated heterocycles. The fourth-order valence-electron chi connectivity index (χ4n) is 3.45. The highest BCUT2D eigenvalue weighted by molar-refractivity contribution is 6.06. The van der Waals surface area contributed by atoms with Crippen LogP contribution >= 0.6 is 0 Å². The summed E-state index contributed by atoms with van der Waals surface area (Å²) in [5.74, 6) is 0.407. The summed E-state index contributed by atoms with van der Waals surface area (Å²) in [6, 6.07) is 24.1. The number of carbonyl (C=O) groups is 2. The molecule has 1 heterocycles. The lowest BCUT2D eigenvalue weighted by Crippen LogP contribution is -2.36. The van der Waals surface area contributed by atoms with Gasteiger partial charge in [0.05, 0.1) is 20.8 Å². The maximum absolute atomic E-state index is 13.2. The Morgan fingerprint density at radius 2 is 1.53 bits per heavy atom. The second kappa shape index (κ2) is 9.53. The first-order valence-electron chi connectivity index (χ1n) is 10.2. The minimum absolute atomic E-state index is 0.257. The molecule has 1 aliphatic rings. The number of carbonyl (C=O) groups excluding carboxylic acids is 2. The molecule has 4 rings (SSSR count). The smallest absolute Gasteiger partial charge is 0.259 e. The molecule has 0 bridgehead atoms. The van der Waals surface area contributed by atoms with Crippen molar-refractivity contribution in [3.63, 3.8) is 0 Å². The van der Waals surface area contributed by atoms with E-state index in [-0.39, 0.29) is 11.8 Å². The van der Waals surface area contributed by atoms with Crippen molar-refractivity contribution in [2.45, 2.75) is 18.8 Å². The topological polar surface area (TPSA) is 80.4 Å². The second-order valence-corrected chi connectivity index (χ2v) is 7.28. The van der Waals surface area contributed by atoms with Gasteiger partial charge in [-0.15, -0.1) is 0 Å². The summed E-state index contributed by atoms with van der Waals surface area (Å²) in [4.78, 5) is 27.6. The zero-order valence-corrected chi connectivity index (χ0v) is 17.9. The SMILES string of the molecule is COc1ccc(NC(=O)[C@H]2O[C@@H]2C(=O)N(Cc2ccccc2)c2ccccc2)cc1OC. The van der Waals surface area contributed by atoms with E-state index in [1.165, 1.54) is 14.2 Å². The number of ether oxygens (including phenoxy) is 3. The molecule has 164 valence electrons. The maximum Gasteiger partial charge on any atom is 0.259 e. The third kappa shape index (κ3) is 4.73. The van der Waals surface area contributed by atoms with Gasteiger partial charge in [0.25, 0.3) is 11.8 Å². The van der Waals surface area contributed by atoms with E-state index in [4.69, 9.17) is 14.2 Å². The number of para-hydroxylation sites is 1. The third-order valence-electron chi connectivity index (χ3n) is 5.16. The Morgan fingerprint density at radius 1 is 0.875 bits per heavy atom. The summed E-state index contributed by atoms with van der Waals surface area (Å²) in [7, 11) is 3.06. The highest BCUT2D eigenvalue weighted by Crippen LogP contribution is 2.32. The monoisotopic (exact) mass is 432 g/mol. The van der Waals surface area contributed by atoms with Crippen LogP contribution < -0.4 is 19.7 Å². The van der Waals surface area contributed by atoms with Crippen molar-refractivity contribution in [2.75, 3.05) is 24.4 Å². The summed E-state index contributed by atoms with van der Waals surface area (Å²) in [5.41, 5.74) is 2.26. The first-order valence-corrected chi connectivity index (χ1v) is 10.2. The molecule has 0 radical (unpaired) electrons. The van der Waals surface area contributed by atoms with Crippen molar-refractivity contribution in [2.24, 2.45) is 0 Å². The second-order valence-electron chi connectivity index (χ2n) is 7.28. The molecule has 1 fully saturated rings. The summed E-state index contributed by atoms with van der Waals surface area (Å²) in [6.07, 6.45) is -1.68. The average molecular weight is 432 g/mol. The van der Waals surface area contributed by atoms with Crippen LogP contribution in [0.25, 0.3) is 0 Å². The third-order valence-corrected chi connectivity index (χ3v) is 5.16. The lowest BCUT2D eigenvalue weighted by molar-refractivity contribution is -0.120. The van der Waals surface area contributed by atoms with Gasteiger partial charge in [-0.2, -0.15) is 0 Å². The number of rotatable bonds is 8. The fourth-order valence-corrected chi connectivity index (χ4v) is 3.45. The van der Waals surface area contributed by atoms with E-state index in [0.717, 1.165) is 11.3 Å². The molecule has 0 spiro atoms. The highest BCUT2D eigenvalue weighted by atomic mass is 16.6. The van der Waals surface area contributed by atoms with Gasteiger partial charge in [-0.3, -0.25) is 9.59 Å². The normalized spacial score (nSPS) is 16.7. The van der Waals surface area contributed by atoms with Gasteiger partial charge >= 0.3 is 0 Å². The van der Waals surface area contributed by atoms with Crippen molar-refractivity contribution in [3.05, 3.63) is 84.4 Å². The van der Waals surface area contributed by atoms with Gasteiger partial charge in [0.15, 0.2) is 23.7 Å². The lowest BCUT2D eigenvalue weighted by atomic mass is 10.1. The highest BCUT2D eigenvalue weighted by Gasteiger charge is 2.52. The first kappa shape index (κ1) is 21.4. The van der Waals surface area contributed by atoms with E-state index in [9.17, 15) is 9.59 Å². The van der Waals surface area contributed by atoms with Crippen LogP contribution in [0, 0.1) is 0 Å². The Labute approximate surface area is 186 Å². The van der Waals surface area contributed by atoms with Crippen LogP contribution in [-0.2, 0) is 20.9 Å². The van der Waals surface area contributed by atoms with Crippen molar-refractivity contribution in [1.29, 1.82) is 0 Å². The van der Waals surface area contributed by atoms with E-state index in [1.807, 2.05) is 60.7 Å². The number of methoxy groups -OCH3 is 2. The summed E-state index contributed by atoms with van der Waals surface area (Å²) in [6.45, 7) is 0.383. The van der Waals surface area contributed by atoms with Crippen LogP contribution in [-0.4, -0.2) is 38.2 Å². The Hall–Kier alpha value is -3.84. The average Bonchev–Trinajstić information content (AvgIpc) is 3.64. The zero-order valence-electron chi connectivity index (χ0n) is 17.9. The van der Waals surface area contributed by atoms with Crippen LogP contribution in [0.4, 0.5) is 11.4 Å². The molecule has 3 aromatic rings. The molecular weight excluding hydrogens is 408 g/mol. The van der Waals surface area contributed by atoms with Crippen molar-refractivity contribution >= 4 is 23.2 Å². The van der Waals surface area contributed by atoms with Crippen molar-refractivity contribution < 1.29 is 23.8 Å². The molecule has 1 N–H and O–H groups in total. The van der Waals surface area contributed by atoms with Gasteiger partial charge in [-0.1, -0.05) is 48.5 Å². The van der Waals surface area contributed by atoms with Crippen molar-refractivity contribution in [1.82, 2.24) is 0 Å². The van der Waals surface area contributed by atoms with E-state index < -0.39 is 12.2 Å².